The SMILES string of the molecule is CC1=C(Cl)SC2N=CN(CC(=O)C[C@@H]3NCC[C@H]3O)C(=O)C12.O=C(C[C@@H]1NCC[C@H]1O)CN1C=NC2SC(Br)=CC2C1=O.O=C(C[C@@H]1NCC[C@H]1O)CN1C=NC2SC(c3ccccc3)=CC2C1=O.O=C(C[C@@H]1NCC[C@H]1O)CN1C=NC2SC=CC2C1=O. The van der Waals surface area contributed by atoms with E-state index in [1.165, 1.54) is 80.2 Å². The van der Waals surface area contributed by atoms with Crippen molar-refractivity contribution in [3.8, 4) is 0 Å². The lowest BCUT2D eigenvalue weighted by Crippen LogP contribution is -2.45. The molecule has 0 bridgehead atoms. The van der Waals surface area contributed by atoms with Crippen LogP contribution in [0.25, 0.3) is 4.91 Å². The predicted molar refractivity (Wildman–Crippen MR) is 348 cm³/mol. The number of benzene rings is 1. The van der Waals surface area contributed by atoms with Crippen LogP contribution in [-0.2, 0) is 38.4 Å². The molecule has 30 heteroatoms. The molecule has 4 saturated heterocycles. The summed E-state index contributed by atoms with van der Waals surface area (Å²) in [5.41, 5.74) is 1.91. The molecule has 0 aromatic heterocycles. The largest absolute Gasteiger partial charge is 0.391 e. The van der Waals surface area contributed by atoms with Gasteiger partial charge in [0.2, 0.25) is 23.6 Å². The van der Waals surface area contributed by atoms with E-state index in [9.17, 15) is 58.8 Å². The Morgan fingerprint density at radius 2 is 0.933 bits per heavy atom. The number of carbonyl (C=O) groups is 8. The van der Waals surface area contributed by atoms with E-state index in [0.717, 1.165) is 39.5 Å². The fourth-order valence-electron chi connectivity index (χ4n) is 12.0. The molecule has 0 spiro atoms. The van der Waals surface area contributed by atoms with Crippen molar-refractivity contribution in [3.63, 3.8) is 0 Å². The van der Waals surface area contributed by atoms with Crippen molar-refractivity contribution in [3.05, 3.63) is 73.3 Å². The second kappa shape index (κ2) is 30.8. The summed E-state index contributed by atoms with van der Waals surface area (Å²) in [6, 6.07) is 9.14. The van der Waals surface area contributed by atoms with Crippen molar-refractivity contribution in [1.29, 1.82) is 0 Å². The van der Waals surface area contributed by atoms with Gasteiger partial charge in [0.1, 0.15) is 21.5 Å². The minimum atomic E-state index is -0.491. The van der Waals surface area contributed by atoms with Crippen molar-refractivity contribution >= 4 is 152 Å². The first-order chi connectivity index (χ1) is 42.8. The number of amides is 4. The molecule has 0 saturated carbocycles. The highest BCUT2D eigenvalue weighted by molar-refractivity contribution is 9.14. The topological polar surface area (TPSA) is 328 Å². The molecule has 89 heavy (non-hydrogen) atoms. The van der Waals surface area contributed by atoms with E-state index in [2.05, 4.69) is 57.2 Å². The Hall–Kier alpha value is -4.73. The fraction of sp³-hybridized carbons (Fsp3) is 0.559. The van der Waals surface area contributed by atoms with E-state index in [1.807, 2.05) is 60.9 Å². The highest BCUT2D eigenvalue weighted by Gasteiger charge is 2.45. The van der Waals surface area contributed by atoms with Gasteiger partial charge in [0, 0.05) is 58.6 Å². The summed E-state index contributed by atoms with van der Waals surface area (Å²) in [6.07, 6.45) is 13.2. The Balaban J connectivity index is 0.000000131. The molecule has 1 aromatic carbocycles. The highest BCUT2D eigenvalue weighted by Crippen LogP contribution is 2.47. The van der Waals surface area contributed by atoms with Gasteiger partial charge in [-0.1, -0.05) is 89.4 Å². The van der Waals surface area contributed by atoms with Gasteiger partial charge in [-0.3, -0.25) is 77.9 Å². The summed E-state index contributed by atoms with van der Waals surface area (Å²) in [6.45, 7) is 4.78. The molecule has 16 atom stereocenters. The summed E-state index contributed by atoms with van der Waals surface area (Å²) in [7, 11) is 0. The first kappa shape index (κ1) is 67.2. The number of nitrogens with one attached hydrogen (secondary N) is 4. The maximum absolute atomic E-state index is 12.8. The summed E-state index contributed by atoms with van der Waals surface area (Å²) < 4.78 is 1.53. The van der Waals surface area contributed by atoms with Gasteiger partial charge in [-0.2, -0.15) is 0 Å². The number of halogens is 2. The second-order valence-electron chi connectivity index (χ2n) is 23.3. The number of aliphatic hydroxyl groups excluding tert-OH is 4. The zero-order chi connectivity index (χ0) is 63.0. The van der Waals surface area contributed by atoms with Crippen LogP contribution in [0.3, 0.4) is 0 Å². The molecule has 4 amide bonds. The molecule has 12 aliphatic rings. The van der Waals surface area contributed by atoms with Crippen molar-refractivity contribution < 1.29 is 58.8 Å². The van der Waals surface area contributed by atoms with Crippen molar-refractivity contribution in [2.75, 3.05) is 52.4 Å². The molecule has 4 fully saturated rings. The normalized spacial score (nSPS) is 33.7. The van der Waals surface area contributed by atoms with Crippen LogP contribution in [0.15, 0.2) is 87.7 Å². The van der Waals surface area contributed by atoms with Gasteiger partial charge < -0.3 is 41.7 Å². The van der Waals surface area contributed by atoms with Gasteiger partial charge in [-0.25, -0.2) is 0 Å². The molecule has 13 rings (SSSR count). The number of carbonyl (C=O) groups excluding carboxylic acids is 8. The van der Waals surface area contributed by atoms with Gasteiger partial charge in [0.15, 0.2) is 23.1 Å². The first-order valence-corrected chi connectivity index (χ1v) is 34.4. The summed E-state index contributed by atoms with van der Waals surface area (Å²) in [4.78, 5) is 122. The number of hydrogen-bond donors (Lipinski definition) is 8. The number of aliphatic hydroxyl groups is 4. The minimum Gasteiger partial charge on any atom is -0.391 e. The molecule has 8 unspecified atom stereocenters. The smallest absolute Gasteiger partial charge is 0.238 e. The third kappa shape index (κ3) is 16.7. The molecule has 1 aromatic rings. The van der Waals surface area contributed by atoms with E-state index >= 15 is 0 Å². The molecule has 0 aliphatic carbocycles. The lowest BCUT2D eigenvalue weighted by Gasteiger charge is -2.28. The average molecular weight is 1380 g/mol. The Labute approximate surface area is 545 Å². The third-order valence-corrected chi connectivity index (χ3v) is 22.8. The molecule has 24 nitrogen and oxygen atoms in total. The van der Waals surface area contributed by atoms with Crippen molar-refractivity contribution in [2.24, 2.45) is 43.6 Å². The van der Waals surface area contributed by atoms with E-state index < -0.39 is 24.4 Å². The molecule has 12 heterocycles. The lowest BCUT2D eigenvalue weighted by molar-refractivity contribution is -0.134. The van der Waals surface area contributed by atoms with Crippen molar-refractivity contribution in [2.45, 2.75) is 128 Å². The summed E-state index contributed by atoms with van der Waals surface area (Å²) in [5.74, 6) is -1.90. The monoisotopic (exact) mass is 1380 g/mol. The standard InChI is InChI=1S/C19H21N3O3S.C14H18ClN3O3S.C13H16BrN3O3S.C13H17N3O3S/c23-13(8-15-16(24)6-7-20-15)10-22-11-21-18-14(19(22)25)9-17(26-18)12-4-2-1-3-5-12;1-7-11-13(22-12(7)15)17-6-18(14(11)21)5-8(19)4-9-10(20)2-3-16-9;14-11-4-8-12(21-11)16-6-17(13(8)20)5-7(18)3-9-10(19)1-2-15-9;17-8(5-10-11(18)1-3-14-10)6-16-7-15-12-9(13(16)19)2-4-20-12/h1-5,9,11,14-16,18,20,24H,6-8,10H2;6,9-11,13,16,20H,2-5H2,1H3;4,6,8-10,12,15,19H,1-3,5H2;2,4,7,9-12,14,18H,1,3,5-6H2/t14?,15-,16+,18?;9-,10+,11?,13?;8?,9-,10+,12?;9?,10-,11+,12?/m0000/s1. The lowest BCUT2D eigenvalue weighted by atomic mass is 9.99. The van der Waals surface area contributed by atoms with Gasteiger partial charge >= 0.3 is 0 Å². The predicted octanol–water partition coefficient (Wildman–Crippen LogP) is 2.17. The number of hydrogen-bond acceptors (Lipinski definition) is 24. The number of nitrogens with zero attached hydrogens (tertiary/aromatic N) is 8. The quantitative estimate of drug-likeness (QED) is 0.111. The van der Waals surface area contributed by atoms with Crippen LogP contribution in [0.5, 0.6) is 0 Å². The number of rotatable bonds is 17. The van der Waals surface area contributed by atoms with Gasteiger partial charge in [0.25, 0.3) is 0 Å². The Bertz CT molecular complexity index is 3140. The number of Topliss-reactive ketones (excluding diaryl/α,β-unsaturated/α-hetero) is 4. The maximum atomic E-state index is 12.8. The first-order valence-electron chi connectivity index (χ1n) is 29.7. The van der Waals surface area contributed by atoms with Crippen LogP contribution in [0.1, 0.15) is 63.9 Å². The van der Waals surface area contributed by atoms with E-state index in [-0.39, 0.29) is 168 Å². The van der Waals surface area contributed by atoms with Crippen LogP contribution in [0, 0.1) is 23.7 Å². The Morgan fingerprint density at radius 1 is 0.539 bits per heavy atom. The van der Waals surface area contributed by atoms with E-state index in [4.69, 9.17) is 11.6 Å². The zero-order valence-electron chi connectivity index (χ0n) is 48.6. The molecular weight excluding hydrogens is 1310 g/mol. The van der Waals surface area contributed by atoms with Gasteiger partial charge in [-0.15, -0.1) is 11.8 Å². The Kier molecular flexibility index (Phi) is 23.2. The fourth-order valence-corrected chi connectivity index (χ4v) is 17.4. The molecule has 0 radical (unpaired) electrons. The number of thioether (sulfide) groups is 4. The minimum absolute atomic E-state index is 0.00792. The van der Waals surface area contributed by atoms with Crippen molar-refractivity contribution in [1.82, 2.24) is 40.9 Å². The third-order valence-electron chi connectivity index (χ3n) is 17.0. The summed E-state index contributed by atoms with van der Waals surface area (Å²) >= 11 is 15.4. The molecule has 8 N–H and O–H groups in total. The molecule has 12 aliphatic heterocycles. The van der Waals surface area contributed by atoms with Crippen LogP contribution < -0.4 is 21.3 Å². The second-order valence-corrected chi connectivity index (χ2v) is 29.8. The van der Waals surface area contributed by atoms with E-state index in [0.29, 0.717) is 36.6 Å². The van der Waals surface area contributed by atoms with Gasteiger partial charge in [0.05, 0.1) is 104 Å². The number of fused-ring (bicyclic) bond motifs is 4. The zero-order valence-corrected chi connectivity index (χ0v) is 54.2. The molecular formula is C59H72BrClN12O12S4. The van der Waals surface area contributed by atoms with Crippen LogP contribution in [-0.4, -0.2) is 235 Å². The molecule has 478 valence electrons. The van der Waals surface area contributed by atoms with Crippen LogP contribution >= 0.6 is 74.6 Å². The van der Waals surface area contributed by atoms with Crippen LogP contribution in [0.4, 0.5) is 0 Å². The van der Waals surface area contributed by atoms with E-state index in [1.54, 1.807) is 11.8 Å². The summed E-state index contributed by atoms with van der Waals surface area (Å²) in [5, 5.41) is 52.7. The van der Waals surface area contributed by atoms with Gasteiger partial charge in [-0.05, 0) is 97.3 Å². The number of ketones is 4. The Morgan fingerprint density at radius 3 is 1.37 bits per heavy atom. The average Bonchev–Trinajstić information content (AvgIpc) is 2.20. The number of aliphatic imine (C=N–C) groups is 4. The maximum Gasteiger partial charge on any atom is 0.238 e. The highest BCUT2D eigenvalue weighted by atomic mass is 79.9. The van der Waals surface area contributed by atoms with Crippen LogP contribution in [0.2, 0.25) is 0 Å².